The third kappa shape index (κ3) is 6.69. The van der Waals surface area contributed by atoms with Gasteiger partial charge >= 0.3 is 0 Å². The van der Waals surface area contributed by atoms with Crippen molar-refractivity contribution in [1.29, 1.82) is 0 Å². The highest BCUT2D eigenvalue weighted by atomic mass is 32.2. The molecular weight excluding hydrogens is 438 g/mol. The number of aliphatic hydroxyl groups excluding tert-OH is 1. The minimum atomic E-state index is -3.65. The number of unbranched alkanes of at least 4 members (excludes halogenated alkanes) is 2. The highest BCUT2D eigenvalue weighted by Gasteiger charge is 2.24. The second-order valence-corrected chi connectivity index (χ2v) is 10.8. The maximum atomic E-state index is 12.6. The van der Waals surface area contributed by atoms with Crippen LogP contribution in [0.2, 0.25) is 0 Å². The number of anilines is 1. The Morgan fingerprint density at radius 2 is 1.70 bits per heavy atom. The molecule has 8 heteroatoms. The largest absolute Gasteiger partial charge is 0.495 e. The first kappa shape index (κ1) is 25.5. The SMILES string of the molecule is COc1ccc(C(O)CCCCCN2CCN(c3ccccc3)CC2)cc1S(=O)(=O)N(C)C. The molecule has 7 nitrogen and oxygen atoms in total. The van der Waals surface area contributed by atoms with Gasteiger partial charge in [0.1, 0.15) is 10.6 Å². The van der Waals surface area contributed by atoms with E-state index in [1.54, 1.807) is 12.1 Å². The van der Waals surface area contributed by atoms with E-state index in [1.165, 1.54) is 33.0 Å². The molecular formula is C25H37N3O4S. The smallest absolute Gasteiger partial charge is 0.246 e. The summed E-state index contributed by atoms with van der Waals surface area (Å²) in [4.78, 5) is 5.03. The Morgan fingerprint density at radius 1 is 1.00 bits per heavy atom. The van der Waals surface area contributed by atoms with Gasteiger partial charge in [-0.05, 0) is 49.2 Å². The van der Waals surface area contributed by atoms with Gasteiger partial charge in [0.05, 0.1) is 13.2 Å². The second kappa shape index (κ2) is 11.8. The van der Waals surface area contributed by atoms with Crippen LogP contribution in [-0.4, -0.2) is 76.7 Å². The van der Waals surface area contributed by atoms with Crippen LogP contribution in [0, 0.1) is 0 Å². The van der Waals surface area contributed by atoms with Crippen LogP contribution in [0.15, 0.2) is 53.4 Å². The molecule has 0 radical (unpaired) electrons. The first-order valence-electron chi connectivity index (χ1n) is 11.6. The number of hydrogen-bond acceptors (Lipinski definition) is 6. The van der Waals surface area contributed by atoms with Crippen molar-refractivity contribution in [2.24, 2.45) is 0 Å². The summed E-state index contributed by atoms with van der Waals surface area (Å²) in [7, 11) is 0.766. The van der Waals surface area contributed by atoms with Crippen LogP contribution in [0.1, 0.15) is 37.4 Å². The number of rotatable bonds is 11. The van der Waals surface area contributed by atoms with E-state index in [0.717, 1.165) is 56.3 Å². The number of aliphatic hydroxyl groups is 1. The van der Waals surface area contributed by atoms with E-state index < -0.39 is 16.1 Å². The minimum absolute atomic E-state index is 0.0844. The first-order chi connectivity index (χ1) is 15.8. The quantitative estimate of drug-likeness (QED) is 0.503. The average Bonchev–Trinajstić information content (AvgIpc) is 2.84. The summed E-state index contributed by atoms with van der Waals surface area (Å²) >= 11 is 0. The van der Waals surface area contributed by atoms with Gasteiger partial charge in [0, 0.05) is 46.0 Å². The summed E-state index contributed by atoms with van der Waals surface area (Å²) < 4.78 is 31.6. The van der Waals surface area contributed by atoms with Crippen molar-refractivity contribution in [3.05, 3.63) is 54.1 Å². The summed E-state index contributed by atoms with van der Waals surface area (Å²) in [5, 5.41) is 10.6. The molecule has 1 unspecified atom stereocenters. The lowest BCUT2D eigenvalue weighted by Gasteiger charge is -2.36. The fourth-order valence-electron chi connectivity index (χ4n) is 4.18. The molecule has 1 N–H and O–H groups in total. The fraction of sp³-hybridized carbons (Fsp3) is 0.520. The summed E-state index contributed by atoms with van der Waals surface area (Å²) in [6, 6.07) is 15.5. The van der Waals surface area contributed by atoms with Gasteiger partial charge in [-0.2, -0.15) is 0 Å². The highest BCUT2D eigenvalue weighted by Crippen LogP contribution is 2.30. The Hall–Kier alpha value is -2.13. The molecule has 0 amide bonds. The Morgan fingerprint density at radius 3 is 2.33 bits per heavy atom. The number of nitrogens with zero attached hydrogens (tertiary/aromatic N) is 3. The van der Waals surface area contributed by atoms with Crippen LogP contribution < -0.4 is 9.64 Å². The summed E-state index contributed by atoms with van der Waals surface area (Å²) in [5.74, 6) is 0.284. The van der Waals surface area contributed by atoms with Crippen molar-refractivity contribution in [1.82, 2.24) is 9.21 Å². The molecule has 0 saturated carbocycles. The van der Waals surface area contributed by atoms with Crippen LogP contribution in [0.4, 0.5) is 5.69 Å². The monoisotopic (exact) mass is 475 g/mol. The Labute approximate surface area is 198 Å². The zero-order chi connectivity index (χ0) is 23.8. The van der Waals surface area contributed by atoms with Crippen molar-refractivity contribution in [3.63, 3.8) is 0 Å². The van der Waals surface area contributed by atoms with E-state index >= 15 is 0 Å². The van der Waals surface area contributed by atoms with Crippen LogP contribution in [-0.2, 0) is 10.0 Å². The third-order valence-electron chi connectivity index (χ3n) is 6.28. The predicted molar refractivity (Wildman–Crippen MR) is 132 cm³/mol. The molecule has 2 aromatic rings. The van der Waals surface area contributed by atoms with Gasteiger partial charge < -0.3 is 14.7 Å². The molecule has 3 rings (SSSR count). The average molecular weight is 476 g/mol. The molecule has 33 heavy (non-hydrogen) atoms. The van der Waals surface area contributed by atoms with Gasteiger partial charge in [0.2, 0.25) is 10.0 Å². The third-order valence-corrected chi connectivity index (χ3v) is 8.11. The summed E-state index contributed by atoms with van der Waals surface area (Å²) in [5.41, 5.74) is 1.90. The standard InChI is InChI=1S/C25H37N3O4S/c1-26(2)33(30,31)25-20-21(13-14-24(25)32-3)23(29)12-8-5-9-15-27-16-18-28(19-17-27)22-10-6-4-7-11-22/h4,6-7,10-11,13-14,20,23,29H,5,8-9,12,15-19H2,1-3H3. The minimum Gasteiger partial charge on any atom is -0.495 e. The molecule has 1 fully saturated rings. The lowest BCUT2D eigenvalue weighted by Crippen LogP contribution is -2.46. The predicted octanol–water partition coefficient (Wildman–Crippen LogP) is 3.36. The Balaban J connectivity index is 1.42. The van der Waals surface area contributed by atoms with Crippen LogP contribution >= 0.6 is 0 Å². The van der Waals surface area contributed by atoms with Crippen molar-refractivity contribution in [2.75, 3.05) is 58.8 Å². The van der Waals surface area contributed by atoms with E-state index in [4.69, 9.17) is 4.74 Å². The van der Waals surface area contributed by atoms with Crippen molar-refractivity contribution in [2.45, 2.75) is 36.7 Å². The number of hydrogen-bond donors (Lipinski definition) is 1. The molecule has 0 spiro atoms. The van der Waals surface area contributed by atoms with E-state index in [1.807, 2.05) is 0 Å². The van der Waals surface area contributed by atoms with Gasteiger partial charge in [-0.25, -0.2) is 12.7 Å². The topological polar surface area (TPSA) is 73.3 Å². The molecule has 0 aromatic heterocycles. The maximum absolute atomic E-state index is 12.6. The van der Waals surface area contributed by atoms with Gasteiger partial charge in [0.25, 0.3) is 0 Å². The van der Waals surface area contributed by atoms with E-state index in [-0.39, 0.29) is 10.6 Å². The molecule has 1 atom stereocenters. The van der Waals surface area contributed by atoms with E-state index in [9.17, 15) is 13.5 Å². The summed E-state index contributed by atoms with van der Waals surface area (Å²) in [6.45, 7) is 5.34. The normalized spacial score (nSPS) is 16.2. The number of methoxy groups -OCH3 is 1. The first-order valence-corrected chi connectivity index (χ1v) is 13.1. The lowest BCUT2D eigenvalue weighted by molar-refractivity contribution is 0.162. The van der Waals surface area contributed by atoms with E-state index in [0.29, 0.717) is 12.0 Å². The second-order valence-electron chi connectivity index (χ2n) is 8.73. The van der Waals surface area contributed by atoms with Gasteiger partial charge in [0.15, 0.2) is 0 Å². The molecule has 1 aliphatic rings. The number of para-hydroxylation sites is 1. The zero-order valence-corrected chi connectivity index (χ0v) is 20.8. The lowest BCUT2D eigenvalue weighted by atomic mass is 10.0. The van der Waals surface area contributed by atoms with Crippen molar-refractivity contribution in [3.8, 4) is 5.75 Å². The molecule has 182 valence electrons. The van der Waals surface area contributed by atoms with Gasteiger partial charge in [-0.15, -0.1) is 0 Å². The van der Waals surface area contributed by atoms with Gasteiger partial charge in [-0.1, -0.05) is 37.1 Å². The van der Waals surface area contributed by atoms with Crippen LogP contribution in [0.3, 0.4) is 0 Å². The highest BCUT2D eigenvalue weighted by molar-refractivity contribution is 7.89. The van der Waals surface area contributed by atoms with Gasteiger partial charge in [-0.3, -0.25) is 4.90 Å². The zero-order valence-electron chi connectivity index (χ0n) is 20.0. The molecule has 1 saturated heterocycles. The number of ether oxygens (including phenoxy) is 1. The number of benzene rings is 2. The van der Waals surface area contributed by atoms with Crippen molar-refractivity contribution >= 4 is 15.7 Å². The Bertz CT molecular complexity index is 974. The van der Waals surface area contributed by atoms with Crippen LogP contribution in [0.5, 0.6) is 5.75 Å². The Kier molecular flexibility index (Phi) is 9.14. The van der Waals surface area contributed by atoms with Crippen LogP contribution in [0.25, 0.3) is 0 Å². The molecule has 2 aromatic carbocycles. The number of piperazine rings is 1. The maximum Gasteiger partial charge on any atom is 0.246 e. The molecule has 1 aliphatic heterocycles. The fourth-order valence-corrected chi connectivity index (χ4v) is 5.27. The molecule has 1 heterocycles. The van der Waals surface area contributed by atoms with E-state index in [2.05, 4.69) is 40.1 Å². The molecule has 0 bridgehead atoms. The molecule has 0 aliphatic carbocycles. The van der Waals surface area contributed by atoms with Crippen molar-refractivity contribution < 1.29 is 18.3 Å². The number of sulfonamides is 1. The summed E-state index contributed by atoms with van der Waals surface area (Å²) in [6.07, 6.45) is 2.94.